The van der Waals surface area contributed by atoms with Crippen molar-refractivity contribution in [1.82, 2.24) is 9.78 Å². The molecule has 0 N–H and O–H groups in total. The zero-order chi connectivity index (χ0) is 11.5. The highest BCUT2D eigenvalue weighted by molar-refractivity contribution is 5.72. The highest BCUT2D eigenvalue weighted by Crippen LogP contribution is 2.25. The van der Waals surface area contributed by atoms with E-state index in [9.17, 15) is 0 Å². The number of hydrogen-bond donors (Lipinski definition) is 0. The Morgan fingerprint density at radius 1 is 0.765 bits per heavy atom. The average Bonchev–Trinajstić information content (AvgIpc) is 2.94. The van der Waals surface area contributed by atoms with E-state index in [1.807, 2.05) is 29.1 Å². The van der Waals surface area contributed by atoms with E-state index >= 15 is 0 Å². The van der Waals surface area contributed by atoms with Crippen LogP contribution in [0.15, 0.2) is 73.1 Å². The molecule has 3 rings (SSSR count). The van der Waals surface area contributed by atoms with Crippen LogP contribution < -0.4 is 0 Å². The Hall–Kier alpha value is -2.35. The minimum Gasteiger partial charge on any atom is -0.240 e. The lowest BCUT2D eigenvalue weighted by atomic mass is 10.0. The second kappa shape index (κ2) is 4.26. The molecule has 82 valence electrons. The quantitative estimate of drug-likeness (QED) is 0.646. The number of benzene rings is 2. The van der Waals surface area contributed by atoms with Crippen molar-refractivity contribution in [2.24, 2.45) is 0 Å². The summed E-state index contributed by atoms with van der Waals surface area (Å²) in [4.78, 5) is 0. The van der Waals surface area contributed by atoms with Crippen LogP contribution in [0.4, 0.5) is 0 Å². The predicted octanol–water partition coefficient (Wildman–Crippen LogP) is 3.54. The second-order valence-corrected chi connectivity index (χ2v) is 3.83. The maximum absolute atomic E-state index is 4.29. The van der Waals surface area contributed by atoms with E-state index < -0.39 is 0 Å². The third kappa shape index (κ3) is 1.85. The van der Waals surface area contributed by atoms with E-state index in [1.165, 1.54) is 11.1 Å². The monoisotopic (exact) mass is 220 g/mol. The number of hydrogen-bond acceptors (Lipinski definition) is 1. The normalized spacial score (nSPS) is 10.4. The summed E-state index contributed by atoms with van der Waals surface area (Å²) in [7, 11) is 0. The van der Waals surface area contributed by atoms with Crippen LogP contribution in [0.3, 0.4) is 0 Å². The molecule has 0 bridgehead atoms. The molecular formula is C15H12N2. The maximum Gasteiger partial charge on any atom is 0.0723 e. The van der Waals surface area contributed by atoms with Crippen molar-refractivity contribution >= 4 is 0 Å². The van der Waals surface area contributed by atoms with Crippen molar-refractivity contribution in [2.45, 2.75) is 0 Å². The van der Waals surface area contributed by atoms with E-state index in [0.29, 0.717) is 0 Å². The summed E-state index contributed by atoms with van der Waals surface area (Å²) in [5.74, 6) is 0. The first-order valence-corrected chi connectivity index (χ1v) is 5.59. The lowest BCUT2D eigenvalue weighted by Gasteiger charge is -2.09. The van der Waals surface area contributed by atoms with Gasteiger partial charge in [-0.1, -0.05) is 48.5 Å². The summed E-state index contributed by atoms with van der Waals surface area (Å²) < 4.78 is 1.89. The van der Waals surface area contributed by atoms with Gasteiger partial charge >= 0.3 is 0 Å². The maximum atomic E-state index is 4.29. The van der Waals surface area contributed by atoms with Gasteiger partial charge in [0.2, 0.25) is 0 Å². The Balaban J connectivity index is 2.18. The van der Waals surface area contributed by atoms with Gasteiger partial charge < -0.3 is 0 Å². The second-order valence-electron chi connectivity index (χ2n) is 3.83. The molecule has 1 heterocycles. The van der Waals surface area contributed by atoms with Crippen LogP contribution in [0, 0.1) is 0 Å². The summed E-state index contributed by atoms with van der Waals surface area (Å²) in [6.07, 6.45) is 3.75. The molecule has 2 nitrogen and oxygen atoms in total. The lowest BCUT2D eigenvalue weighted by Crippen LogP contribution is -1.96. The van der Waals surface area contributed by atoms with E-state index in [0.717, 1.165) is 5.69 Å². The molecule has 0 unspecified atom stereocenters. The molecule has 0 fully saturated rings. The SMILES string of the molecule is c1ccc(-c2ccccc2-n2cccn2)cc1. The van der Waals surface area contributed by atoms with Crippen LogP contribution in [0.25, 0.3) is 16.8 Å². The molecule has 0 saturated carbocycles. The third-order valence-corrected chi connectivity index (χ3v) is 2.74. The van der Waals surface area contributed by atoms with E-state index in [-0.39, 0.29) is 0 Å². The van der Waals surface area contributed by atoms with Gasteiger partial charge in [0.15, 0.2) is 0 Å². The summed E-state index contributed by atoms with van der Waals surface area (Å²) in [5.41, 5.74) is 3.50. The molecule has 0 aliphatic rings. The molecule has 2 aromatic carbocycles. The zero-order valence-corrected chi connectivity index (χ0v) is 9.32. The summed E-state index contributed by atoms with van der Waals surface area (Å²) in [6, 6.07) is 20.6. The summed E-state index contributed by atoms with van der Waals surface area (Å²) in [6.45, 7) is 0. The van der Waals surface area contributed by atoms with Gasteiger partial charge in [-0.15, -0.1) is 0 Å². The molecule has 2 heteroatoms. The Labute approximate surface area is 100 Å². The fourth-order valence-electron chi connectivity index (χ4n) is 1.95. The number of para-hydroxylation sites is 1. The van der Waals surface area contributed by atoms with Gasteiger partial charge in [0.25, 0.3) is 0 Å². The number of nitrogens with zero attached hydrogens (tertiary/aromatic N) is 2. The van der Waals surface area contributed by atoms with Crippen LogP contribution in [-0.2, 0) is 0 Å². The van der Waals surface area contributed by atoms with E-state index in [4.69, 9.17) is 0 Å². The first-order valence-electron chi connectivity index (χ1n) is 5.59. The molecule has 0 amide bonds. The van der Waals surface area contributed by atoms with Crippen molar-refractivity contribution < 1.29 is 0 Å². The highest BCUT2D eigenvalue weighted by Gasteiger charge is 2.05. The van der Waals surface area contributed by atoms with Gasteiger partial charge in [0.1, 0.15) is 0 Å². The van der Waals surface area contributed by atoms with E-state index in [1.54, 1.807) is 6.20 Å². The predicted molar refractivity (Wildman–Crippen MR) is 69.0 cm³/mol. The van der Waals surface area contributed by atoms with Crippen molar-refractivity contribution in [2.75, 3.05) is 0 Å². The van der Waals surface area contributed by atoms with Crippen LogP contribution in [0.1, 0.15) is 0 Å². The molecule has 0 atom stereocenters. The Kier molecular flexibility index (Phi) is 2.47. The van der Waals surface area contributed by atoms with Crippen molar-refractivity contribution in [3.05, 3.63) is 73.1 Å². The first kappa shape index (κ1) is 9.85. The average molecular weight is 220 g/mol. The first-order chi connectivity index (χ1) is 8.45. The number of aromatic nitrogens is 2. The summed E-state index contributed by atoms with van der Waals surface area (Å²) >= 11 is 0. The van der Waals surface area contributed by atoms with Crippen LogP contribution in [-0.4, -0.2) is 9.78 Å². The Bertz CT molecular complexity index is 598. The Morgan fingerprint density at radius 2 is 1.53 bits per heavy atom. The minimum absolute atomic E-state index is 1.10. The molecular weight excluding hydrogens is 208 g/mol. The fraction of sp³-hybridized carbons (Fsp3) is 0. The minimum atomic E-state index is 1.10. The van der Waals surface area contributed by atoms with Crippen molar-refractivity contribution in [3.8, 4) is 16.8 Å². The fourth-order valence-corrected chi connectivity index (χ4v) is 1.95. The molecule has 1 aromatic heterocycles. The molecule has 0 aliphatic carbocycles. The van der Waals surface area contributed by atoms with Gasteiger partial charge in [0.05, 0.1) is 5.69 Å². The van der Waals surface area contributed by atoms with Crippen LogP contribution >= 0.6 is 0 Å². The summed E-state index contributed by atoms with van der Waals surface area (Å²) in [5, 5.41) is 4.29. The highest BCUT2D eigenvalue weighted by atomic mass is 15.3. The van der Waals surface area contributed by atoms with Crippen molar-refractivity contribution in [3.63, 3.8) is 0 Å². The zero-order valence-electron chi connectivity index (χ0n) is 9.32. The van der Waals surface area contributed by atoms with Gasteiger partial charge in [-0.2, -0.15) is 5.10 Å². The molecule has 17 heavy (non-hydrogen) atoms. The smallest absolute Gasteiger partial charge is 0.0723 e. The topological polar surface area (TPSA) is 17.8 Å². The van der Waals surface area contributed by atoms with Crippen molar-refractivity contribution in [1.29, 1.82) is 0 Å². The third-order valence-electron chi connectivity index (χ3n) is 2.74. The van der Waals surface area contributed by atoms with Crippen LogP contribution in [0.5, 0.6) is 0 Å². The van der Waals surface area contributed by atoms with Gasteiger partial charge in [-0.3, -0.25) is 0 Å². The molecule has 0 saturated heterocycles. The van der Waals surface area contributed by atoms with Crippen LogP contribution in [0.2, 0.25) is 0 Å². The standard InChI is InChI=1S/C15H12N2/c1-2-7-13(8-3-1)14-9-4-5-10-15(14)17-12-6-11-16-17/h1-12H. The van der Waals surface area contributed by atoms with Gasteiger partial charge in [-0.25, -0.2) is 4.68 Å². The molecule has 3 aromatic rings. The van der Waals surface area contributed by atoms with Gasteiger partial charge in [-0.05, 0) is 17.7 Å². The Morgan fingerprint density at radius 3 is 2.29 bits per heavy atom. The largest absolute Gasteiger partial charge is 0.240 e. The lowest BCUT2D eigenvalue weighted by molar-refractivity contribution is 0.882. The molecule has 0 radical (unpaired) electrons. The van der Waals surface area contributed by atoms with Gasteiger partial charge in [0, 0.05) is 18.0 Å². The van der Waals surface area contributed by atoms with E-state index in [2.05, 4.69) is 47.6 Å². The molecule has 0 aliphatic heterocycles. The number of rotatable bonds is 2. The molecule has 0 spiro atoms.